The molecule has 22 heavy (non-hydrogen) atoms. The number of aryl methyl sites for hydroxylation is 1. The molecule has 1 aromatic heterocycles. The van der Waals surface area contributed by atoms with Crippen LogP contribution in [0.15, 0.2) is 35.7 Å². The van der Waals surface area contributed by atoms with Gasteiger partial charge in [-0.1, -0.05) is 26.0 Å². The zero-order valence-electron chi connectivity index (χ0n) is 13.4. The third-order valence-electron chi connectivity index (χ3n) is 3.60. The number of thiophene rings is 1. The Balaban J connectivity index is 1.90. The van der Waals surface area contributed by atoms with Crippen molar-refractivity contribution in [3.05, 3.63) is 51.7 Å². The van der Waals surface area contributed by atoms with Crippen molar-refractivity contribution < 1.29 is 9.53 Å². The van der Waals surface area contributed by atoms with Crippen molar-refractivity contribution in [3.8, 4) is 5.75 Å². The molecule has 0 aliphatic rings. The van der Waals surface area contributed by atoms with Gasteiger partial charge in [-0.3, -0.25) is 4.79 Å². The van der Waals surface area contributed by atoms with Crippen molar-refractivity contribution in [1.29, 1.82) is 0 Å². The maximum absolute atomic E-state index is 12.0. The number of rotatable bonds is 7. The fourth-order valence-electron chi connectivity index (χ4n) is 1.96. The van der Waals surface area contributed by atoms with Crippen molar-refractivity contribution in [1.82, 2.24) is 5.32 Å². The van der Waals surface area contributed by atoms with Gasteiger partial charge in [0.05, 0.1) is 4.88 Å². The molecular formula is C18H23NO2S. The van der Waals surface area contributed by atoms with E-state index in [-0.39, 0.29) is 11.9 Å². The van der Waals surface area contributed by atoms with Gasteiger partial charge < -0.3 is 10.1 Å². The molecule has 1 heterocycles. The third-order valence-corrected chi connectivity index (χ3v) is 4.58. The second kappa shape index (κ2) is 7.99. The van der Waals surface area contributed by atoms with Gasteiger partial charge in [0.2, 0.25) is 0 Å². The Bertz CT molecular complexity index is 604. The Labute approximate surface area is 136 Å². The van der Waals surface area contributed by atoms with Gasteiger partial charge in [-0.25, -0.2) is 0 Å². The molecule has 0 fully saturated rings. The first-order valence-electron chi connectivity index (χ1n) is 7.72. The summed E-state index contributed by atoms with van der Waals surface area (Å²) in [4.78, 5) is 12.8. The Morgan fingerprint density at radius 1 is 1.23 bits per heavy atom. The molecule has 2 rings (SSSR count). The maximum atomic E-state index is 12.0. The standard InChI is InChI=1S/C18H23NO2S/c1-4-13(3)19-18(20)17-10-15(12-22-17)11-21-16-8-6-14(5-2)7-9-16/h6-10,12-13H,4-5,11H2,1-3H3,(H,19,20). The summed E-state index contributed by atoms with van der Waals surface area (Å²) in [6, 6.07) is 10.2. The SMILES string of the molecule is CCc1ccc(OCc2csc(C(=O)NC(C)CC)c2)cc1. The largest absolute Gasteiger partial charge is 0.489 e. The molecule has 0 aliphatic carbocycles. The van der Waals surface area contributed by atoms with Gasteiger partial charge >= 0.3 is 0 Å². The molecular weight excluding hydrogens is 294 g/mol. The highest BCUT2D eigenvalue weighted by atomic mass is 32.1. The molecule has 2 aromatic rings. The predicted molar refractivity (Wildman–Crippen MR) is 91.7 cm³/mol. The van der Waals surface area contributed by atoms with Gasteiger partial charge in [-0.05, 0) is 48.9 Å². The van der Waals surface area contributed by atoms with E-state index in [0.29, 0.717) is 6.61 Å². The second-order valence-electron chi connectivity index (χ2n) is 5.39. The summed E-state index contributed by atoms with van der Waals surface area (Å²) in [6.07, 6.45) is 1.96. The van der Waals surface area contributed by atoms with Crippen LogP contribution in [0.1, 0.15) is 48.0 Å². The van der Waals surface area contributed by atoms with Crippen LogP contribution < -0.4 is 10.1 Å². The summed E-state index contributed by atoms with van der Waals surface area (Å²) in [5, 5.41) is 4.95. The van der Waals surface area contributed by atoms with Crippen molar-refractivity contribution in [2.24, 2.45) is 0 Å². The van der Waals surface area contributed by atoms with Crippen molar-refractivity contribution in [3.63, 3.8) is 0 Å². The average molecular weight is 317 g/mol. The number of nitrogens with one attached hydrogen (secondary N) is 1. The lowest BCUT2D eigenvalue weighted by molar-refractivity contribution is 0.0943. The highest BCUT2D eigenvalue weighted by molar-refractivity contribution is 7.12. The van der Waals surface area contributed by atoms with Gasteiger partial charge in [0.1, 0.15) is 12.4 Å². The molecule has 1 aromatic carbocycles. The van der Waals surface area contributed by atoms with Gasteiger partial charge in [-0.15, -0.1) is 11.3 Å². The minimum Gasteiger partial charge on any atom is -0.489 e. The number of hydrogen-bond acceptors (Lipinski definition) is 3. The van der Waals surface area contributed by atoms with Crippen LogP contribution in [0, 0.1) is 0 Å². The van der Waals surface area contributed by atoms with Gasteiger partial charge in [0, 0.05) is 11.6 Å². The lowest BCUT2D eigenvalue weighted by Gasteiger charge is -2.09. The molecule has 0 bridgehead atoms. The molecule has 0 spiro atoms. The van der Waals surface area contributed by atoms with Crippen LogP contribution in [0.5, 0.6) is 5.75 Å². The van der Waals surface area contributed by atoms with E-state index >= 15 is 0 Å². The van der Waals surface area contributed by atoms with Crippen LogP contribution in [0.25, 0.3) is 0 Å². The summed E-state index contributed by atoms with van der Waals surface area (Å²) < 4.78 is 5.76. The highest BCUT2D eigenvalue weighted by Crippen LogP contribution is 2.18. The van der Waals surface area contributed by atoms with Crippen LogP contribution in [-0.2, 0) is 13.0 Å². The zero-order chi connectivity index (χ0) is 15.9. The van der Waals surface area contributed by atoms with Crippen molar-refractivity contribution in [2.45, 2.75) is 46.3 Å². The minimum absolute atomic E-state index is 0.00195. The molecule has 1 unspecified atom stereocenters. The van der Waals surface area contributed by atoms with Crippen LogP contribution in [-0.4, -0.2) is 11.9 Å². The van der Waals surface area contributed by atoms with Gasteiger partial charge in [0.25, 0.3) is 5.91 Å². The normalized spacial score (nSPS) is 12.0. The van der Waals surface area contributed by atoms with Gasteiger partial charge in [0.15, 0.2) is 0 Å². The van der Waals surface area contributed by atoms with E-state index in [1.54, 1.807) is 0 Å². The highest BCUT2D eigenvalue weighted by Gasteiger charge is 2.11. The average Bonchev–Trinajstić information content (AvgIpc) is 3.02. The van der Waals surface area contributed by atoms with Crippen LogP contribution in [0.4, 0.5) is 0 Å². The number of hydrogen-bond donors (Lipinski definition) is 1. The van der Waals surface area contributed by atoms with E-state index in [2.05, 4.69) is 31.3 Å². The number of benzene rings is 1. The molecule has 0 saturated carbocycles. The second-order valence-corrected chi connectivity index (χ2v) is 6.30. The fourth-order valence-corrected chi connectivity index (χ4v) is 2.76. The molecule has 118 valence electrons. The Morgan fingerprint density at radius 2 is 1.95 bits per heavy atom. The fraction of sp³-hybridized carbons (Fsp3) is 0.389. The number of carbonyl (C=O) groups is 1. The molecule has 0 radical (unpaired) electrons. The van der Waals surface area contributed by atoms with Crippen LogP contribution >= 0.6 is 11.3 Å². The number of amides is 1. The molecule has 4 heteroatoms. The van der Waals surface area contributed by atoms with E-state index in [4.69, 9.17) is 4.74 Å². The summed E-state index contributed by atoms with van der Waals surface area (Å²) >= 11 is 1.46. The minimum atomic E-state index is -0.00195. The quantitative estimate of drug-likeness (QED) is 0.821. The number of ether oxygens (including phenoxy) is 1. The lowest BCUT2D eigenvalue weighted by atomic mass is 10.2. The molecule has 3 nitrogen and oxygen atoms in total. The molecule has 1 N–H and O–H groups in total. The summed E-state index contributed by atoms with van der Waals surface area (Å²) in [5.41, 5.74) is 2.32. The molecule has 0 aliphatic heterocycles. The van der Waals surface area contributed by atoms with Crippen molar-refractivity contribution in [2.75, 3.05) is 0 Å². The first-order valence-corrected chi connectivity index (χ1v) is 8.60. The molecule has 1 amide bonds. The Kier molecular flexibility index (Phi) is 6.01. The lowest BCUT2D eigenvalue weighted by Crippen LogP contribution is -2.31. The Hall–Kier alpha value is -1.81. The first-order chi connectivity index (χ1) is 10.6. The van der Waals surface area contributed by atoms with Crippen molar-refractivity contribution >= 4 is 17.2 Å². The third kappa shape index (κ3) is 4.60. The first kappa shape index (κ1) is 16.6. The monoisotopic (exact) mass is 317 g/mol. The van der Waals surface area contributed by atoms with Gasteiger partial charge in [-0.2, -0.15) is 0 Å². The topological polar surface area (TPSA) is 38.3 Å². The Morgan fingerprint density at radius 3 is 2.59 bits per heavy atom. The van der Waals surface area contributed by atoms with E-state index in [9.17, 15) is 4.79 Å². The number of carbonyl (C=O) groups excluding carboxylic acids is 1. The summed E-state index contributed by atoms with van der Waals surface area (Å²) in [5.74, 6) is 0.854. The summed E-state index contributed by atoms with van der Waals surface area (Å²) in [6.45, 7) is 6.68. The van der Waals surface area contributed by atoms with E-state index in [0.717, 1.165) is 29.0 Å². The maximum Gasteiger partial charge on any atom is 0.261 e. The van der Waals surface area contributed by atoms with E-state index in [1.807, 2.05) is 30.5 Å². The summed E-state index contributed by atoms with van der Waals surface area (Å²) in [7, 11) is 0. The predicted octanol–water partition coefficient (Wildman–Crippen LogP) is 4.42. The zero-order valence-corrected chi connectivity index (χ0v) is 14.2. The van der Waals surface area contributed by atoms with Crippen LogP contribution in [0.2, 0.25) is 0 Å². The molecule has 1 atom stereocenters. The van der Waals surface area contributed by atoms with E-state index in [1.165, 1.54) is 16.9 Å². The van der Waals surface area contributed by atoms with E-state index < -0.39 is 0 Å². The smallest absolute Gasteiger partial charge is 0.261 e. The van der Waals surface area contributed by atoms with Crippen LogP contribution in [0.3, 0.4) is 0 Å². The molecule has 0 saturated heterocycles.